The zero-order valence-electron chi connectivity index (χ0n) is 14.7. The molecule has 0 saturated carbocycles. The zero-order valence-corrected chi connectivity index (χ0v) is 14.7. The molecule has 8 nitrogen and oxygen atoms in total. The summed E-state index contributed by atoms with van der Waals surface area (Å²) in [6.07, 6.45) is 8.12. The van der Waals surface area contributed by atoms with Gasteiger partial charge < -0.3 is 14.6 Å². The molecule has 4 rings (SSSR count). The van der Waals surface area contributed by atoms with Crippen molar-refractivity contribution < 1.29 is 9.13 Å². The number of hydrogen-bond donors (Lipinski definition) is 1. The van der Waals surface area contributed by atoms with Crippen LogP contribution in [0.5, 0.6) is 5.88 Å². The fraction of sp³-hybridized carbons (Fsp3) is 0.412. The molecule has 1 aliphatic rings. The molecule has 1 aliphatic heterocycles. The van der Waals surface area contributed by atoms with Crippen molar-refractivity contribution in [3.05, 3.63) is 41.9 Å². The maximum Gasteiger partial charge on any atom is 0.230 e. The number of fused-ring (bicyclic) bond motifs is 1. The first-order chi connectivity index (χ1) is 12.7. The van der Waals surface area contributed by atoms with Crippen molar-refractivity contribution in [2.24, 2.45) is 0 Å². The first kappa shape index (κ1) is 16.5. The van der Waals surface area contributed by atoms with Gasteiger partial charge in [-0.3, -0.25) is 4.68 Å². The highest BCUT2D eigenvalue weighted by Crippen LogP contribution is 2.30. The number of aryl methyl sites for hydroxylation is 2. The highest BCUT2D eigenvalue weighted by Gasteiger charge is 2.26. The van der Waals surface area contributed by atoms with Crippen LogP contribution in [0.3, 0.4) is 0 Å². The van der Waals surface area contributed by atoms with E-state index in [-0.39, 0.29) is 11.9 Å². The normalized spacial score (nSPS) is 15.9. The molecular formula is C17H20FN7O. The van der Waals surface area contributed by atoms with Gasteiger partial charge in [0.25, 0.3) is 0 Å². The van der Waals surface area contributed by atoms with Crippen molar-refractivity contribution in [3.8, 4) is 5.88 Å². The topological polar surface area (TPSA) is 82.7 Å². The van der Waals surface area contributed by atoms with E-state index in [4.69, 9.17) is 4.74 Å². The van der Waals surface area contributed by atoms with E-state index >= 15 is 0 Å². The molecule has 3 aromatic rings. The number of alkyl halides is 1. The highest BCUT2D eigenvalue weighted by molar-refractivity contribution is 5.55. The maximum absolute atomic E-state index is 13.0. The molecular weight excluding hydrogens is 337 g/mol. The predicted octanol–water partition coefficient (Wildman–Crippen LogP) is 2.78. The SMILES string of the molecule is CCOc1nc(Nc2cn(C3CCn4ccnc43)nc2C)ncc1CF. The molecule has 1 unspecified atom stereocenters. The number of anilines is 2. The van der Waals surface area contributed by atoms with Crippen molar-refractivity contribution in [3.63, 3.8) is 0 Å². The third-order valence-corrected chi connectivity index (χ3v) is 4.42. The minimum absolute atomic E-state index is 0.119. The predicted molar refractivity (Wildman–Crippen MR) is 93.2 cm³/mol. The fourth-order valence-electron chi connectivity index (χ4n) is 3.14. The number of nitrogens with zero attached hydrogens (tertiary/aromatic N) is 6. The summed E-state index contributed by atoms with van der Waals surface area (Å²) in [6.45, 7) is 4.43. The third kappa shape index (κ3) is 2.89. The minimum Gasteiger partial charge on any atom is -0.478 e. The van der Waals surface area contributed by atoms with Crippen LogP contribution in [0.4, 0.5) is 16.0 Å². The molecule has 26 heavy (non-hydrogen) atoms. The molecule has 0 bridgehead atoms. The lowest BCUT2D eigenvalue weighted by Crippen LogP contribution is -2.09. The van der Waals surface area contributed by atoms with Gasteiger partial charge in [0.05, 0.1) is 23.6 Å². The van der Waals surface area contributed by atoms with E-state index in [0.29, 0.717) is 18.1 Å². The van der Waals surface area contributed by atoms with Gasteiger partial charge in [-0.1, -0.05) is 0 Å². The van der Waals surface area contributed by atoms with E-state index in [1.807, 2.05) is 37.1 Å². The largest absolute Gasteiger partial charge is 0.478 e. The number of imidazole rings is 1. The van der Waals surface area contributed by atoms with Crippen molar-refractivity contribution >= 4 is 11.6 Å². The Balaban J connectivity index is 1.58. The summed E-state index contributed by atoms with van der Waals surface area (Å²) >= 11 is 0. The van der Waals surface area contributed by atoms with Gasteiger partial charge in [-0.15, -0.1) is 0 Å². The fourth-order valence-corrected chi connectivity index (χ4v) is 3.14. The van der Waals surface area contributed by atoms with Crippen LogP contribution in [0.2, 0.25) is 0 Å². The van der Waals surface area contributed by atoms with Crippen molar-refractivity contribution in [2.75, 3.05) is 11.9 Å². The second kappa shape index (κ2) is 6.74. The number of nitrogens with one attached hydrogen (secondary N) is 1. The summed E-state index contributed by atoms with van der Waals surface area (Å²) < 4.78 is 22.5. The Kier molecular flexibility index (Phi) is 4.27. The molecule has 0 aliphatic carbocycles. The van der Waals surface area contributed by atoms with Gasteiger partial charge in [-0.25, -0.2) is 14.4 Å². The zero-order chi connectivity index (χ0) is 18.1. The number of ether oxygens (including phenoxy) is 1. The maximum atomic E-state index is 13.0. The average Bonchev–Trinajstić information content (AvgIpc) is 3.32. The Labute approximate surface area is 150 Å². The van der Waals surface area contributed by atoms with Gasteiger partial charge in [-0.05, 0) is 20.3 Å². The van der Waals surface area contributed by atoms with E-state index in [0.717, 1.165) is 30.2 Å². The van der Waals surface area contributed by atoms with Gasteiger partial charge in [0.15, 0.2) is 0 Å². The monoisotopic (exact) mass is 357 g/mol. The molecule has 0 radical (unpaired) electrons. The lowest BCUT2D eigenvalue weighted by Gasteiger charge is -2.09. The lowest BCUT2D eigenvalue weighted by atomic mass is 10.2. The minimum atomic E-state index is -0.666. The number of aromatic nitrogens is 6. The van der Waals surface area contributed by atoms with Gasteiger partial charge in [-0.2, -0.15) is 10.1 Å². The Morgan fingerprint density at radius 2 is 2.27 bits per heavy atom. The van der Waals surface area contributed by atoms with Crippen LogP contribution in [0.25, 0.3) is 0 Å². The van der Waals surface area contributed by atoms with E-state index < -0.39 is 6.67 Å². The first-order valence-electron chi connectivity index (χ1n) is 8.58. The summed E-state index contributed by atoms with van der Waals surface area (Å²) in [6, 6.07) is 0.119. The number of hydrogen-bond acceptors (Lipinski definition) is 6. The Morgan fingerprint density at radius 1 is 1.38 bits per heavy atom. The van der Waals surface area contributed by atoms with Gasteiger partial charge in [0, 0.05) is 31.3 Å². The van der Waals surface area contributed by atoms with Gasteiger partial charge in [0.2, 0.25) is 11.8 Å². The molecule has 1 atom stereocenters. The van der Waals surface area contributed by atoms with Crippen LogP contribution >= 0.6 is 0 Å². The van der Waals surface area contributed by atoms with Crippen molar-refractivity contribution in [1.29, 1.82) is 0 Å². The summed E-state index contributed by atoms with van der Waals surface area (Å²) in [7, 11) is 0. The van der Waals surface area contributed by atoms with Crippen LogP contribution in [0, 0.1) is 6.92 Å². The average molecular weight is 357 g/mol. The summed E-state index contributed by atoms with van der Waals surface area (Å²) in [5.74, 6) is 1.62. The molecule has 0 saturated heterocycles. The molecule has 3 aromatic heterocycles. The number of halogens is 1. The summed E-state index contributed by atoms with van der Waals surface area (Å²) in [5.41, 5.74) is 1.96. The number of rotatable bonds is 6. The standard InChI is InChI=1S/C17H20FN7O/c1-3-26-16-12(8-18)9-20-17(22-16)21-13-10-25(23-11(13)2)14-4-6-24-7-5-19-15(14)24/h5,7,9-10,14H,3-4,6,8H2,1-2H3,(H,20,21,22). The van der Waals surface area contributed by atoms with Crippen molar-refractivity contribution in [2.45, 2.75) is 39.5 Å². The summed E-state index contributed by atoms with van der Waals surface area (Å²) in [4.78, 5) is 12.9. The molecule has 136 valence electrons. The lowest BCUT2D eigenvalue weighted by molar-refractivity contribution is 0.316. The van der Waals surface area contributed by atoms with Crippen LogP contribution in [-0.2, 0) is 13.2 Å². The van der Waals surface area contributed by atoms with E-state index in [2.05, 4.69) is 29.9 Å². The molecule has 4 heterocycles. The Bertz CT molecular complexity index is 920. The van der Waals surface area contributed by atoms with Gasteiger partial charge in [0.1, 0.15) is 18.5 Å². The second-order valence-electron chi connectivity index (χ2n) is 6.11. The van der Waals surface area contributed by atoms with Gasteiger partial charge >= 0.3 is 0 Å². The summed E-state index contributed by atoms with van der Waals surface area (Å²) in [5, 5.41) is 7.76. The van der Waals surface area contributed by atoms with E-state index in [1.165, 1.54) is 6.20 Å². The van der Waals surface area contributed by atoms with E-state index in [9.17, 15) is 4.39 Å². The first-order valence-corrected chi connectivity index (χ1v) is 8.58. The molecule has 0 amide bonds. The van der Waals surface area contributed by atoms with Crippen LogP contribution < -0.4 is 10.1 Å². The van der Waals surface area contributed by atoms with E-state index in [1.54, 1.807) is 0 Å². The molecule has 0 aromatic carbocycles. The Hall–Kier alpha value is -2.97. The molecule has 0 spiro atoms. The van der Waals surface area contributed by atoms with Crippen LogP contribution in [0.1, 0.15) is 36.5 Å². The Morgan fingerprint density at radius 3 is 3.08 bits per heavy atom. The van der Waals surface area contributed by atoms with Crippen LogP contribution in [-0.4, -0.2) is 35.9 Å². The molecule has 0 fully saturated rings. The van der Waals surface area contributed by atoms with Crippen molar-refractivity contribution in [1.82, 2.24) is 29.3 Å². The quantitative estimate of drug-likeness (QED) is 0.730. The van der Waals surface area contributed by atoms with Crippen LogP contribution in [0.15, 0.2) is 24.8 Å². The smallest absolute Gasteiger partial charge is 0.230 e. The second-order valence-corrected chi connectivity index (χ2v) is 6.11. The highest BCUT2D eigenvalue weighted by atomic mass is 19.1. The molecule has 9 heteroatoms. The molecule has 1 N–H and O–H groups in total. The third-order valence-electron chi connectivity index (χ3n) is 4.42.